The van der Waals surface area contributed by atoms with Crippen molar-refractivity contribution in [1.82, 2.24) is 5.32 Å². The zero-order chi connectivity index (χ0) is 22.1. The molecule has 0 bridgehead atoms. The van der Waals surface area contributed by atoms with Gasteiger partial charge in [0.25, 0.3) is 0 Å². The number of amides is 2. The van der Waals surface area contributed by atoms with Gasteiger partial charge in [-0.25, -0.2) is 0 Å². The van der Waals surface area contributed by atoms with Crippen molar-refractivity contribution in [2.75, 3.05) is 11.9 Å². The van der Waals surface area contributed by atoms with Crippen LogP contribution in [0.4, 0.5) is 5.69 Å². The number of hydrogen-bond acceptors (Lipinski definition) is 4. The van der Waals surface area contributed by atoms with E-state index in [-0.39, 0.29) is 0 Å². The molecule has 0 aliphatic carbocycles. The van der Waals surface area contributed by atoms with Gasteiger partial charge in [-0.05, 0) is 49.1 Å². The van der Waals surface area contributed by atoms with Gasteiger partial charge in [-0.15, -0.1) is 0 Å². The molecule has 2 aromatic carbocycles. The number of anilines is 1. The van der Waals surface area contributed by atoms with E-state index in [1.165, 1.54) is 12.8 Å². The second kappa shape index (κ2) is 11.5. The molecule has 6 nitrogen and oxygen atoms in total. The Morgan fingerprint density at radius 3 is 2.52 bits per heavy atom. The highest BCUT2D eigenvalue weighted by atomic mass is 16.5. The Kier molecular flexibility index (Phi) is 8.47. The molecular formula is C25H32N2O4. The summed E-state index contributed by atoms with van der Waals surface area (Å²) in [7, 11) is 0. The minimum atomic E-state index is -1.12. The molecule has 3 N–H and O–H groups in total. The van der Waals surface area contributed by atoms with Crippen molar-refractivity contribution in [3.8, 4) is 5.75 Å². The van der Waals surface area contributed by atoms with Crippen molar-refractivity contribution >= 4 is 17.5 Å². The second-order valence-electron chi connectivity index (χ2n) is 8.03. The first kappa shape index (κ1) is 22.8. The number of carbonyl (C=O) groups is 2. The summed E-state index contributed by atoms with van der Waals surface area (Å²) in [4.78, 5) is 25.0. The maximum absolute atomic E-state index is 12.6. The number of nitrogens with one attached hydrogen (secondary N) is 2. The first-order valence-corrected chi connectivity index (χ1v) is 11.1. The molecule has 3 rings (SSSR count). The van der Waals surface area contributed by atoms with Gasteiger partial charge in [-0.1, -0.05) is 56.5 Å². The number of aliphatic hydroxyl groups excluding tert-OH is 1. The first-order valence-electron chi connectivity index (χ1n) is 11.1. The van der Waals surface area contributed by atoms with E-state index in [9.17, 15) is 14.7 Å². The molecule has 1 saturated heterocycles. The summed E-state index contributed by atoms with van der Waals surface area (Å²) in [6.45, 7) is 2.84. The largest absolute Gasteiger partial charge is 0.494 e. The lowest BCUT2D eigenvalue weighted by molar-refractivity contribution is -0.132. The molecule has 1 aliphatic rings. The lowest BCUT2D eigenvalue weighted by Crippen LogP contribution is -2.36. The Morgan fingerprint density at radius 2 is 1.81 bits per heavy atom. The molecule has 1 fully saturated rings. The maximum Gasteiger partial charge on any atom is 0.239 e. The van der Waals surface area contributed by atoms with E-state index < -0.39 is 29.9 Å². The van der Waals surface area contributed by atoms with Crippen LogP contribution in [0.15, 0.2) is 54.6 Å². The molecule has 2 amide bonds. The summed E-state index contributed by atoms with van der Waals surface area (Å²) >= 11 is 0. The van der Waals surface area contributed by atoms with Crippen LogP contribution >= 0.6 is 0 Å². The molecule has 2 aromatic rings. The summed E-state index contributed by atoms with van der Waals surface area (Å²) in [5.41, 5.74) is 1.69. The molecule has 3 atom stereocenters. The van der Waals surface area contributed by atoms with Crippen molar-refractivity contribution in [3.05, 3.63) is 60.2 Å². The Morgan fingerprint density at radius 1 is 1.06 bits per heavy atom. The predicted molar refractivity (Wildman–Crippen MR) is 121 cm³/mol. The van der Waals surface area contributed by atoms with Gasteiger partial charge in [-0.2, -0.15) is 0 Å². The second-order valence-corrected chi connectivity index (χ2v) is 8.03. The zero-order valence-corrected chi connectivity index (χ0v) is 18.0. The van der Waals surface area contributed by atoms with Gasteiger partial charge >= 0.3 is 0 Å². The van der Waals surface area contributed by atoms with Crippen LogP contribution in [-0.4, -0.2) is 35.7 Å². The zero-order valence-electron chi connectivity index (χ0n) is 18.0. The molecule has 6 heteroatoms. The minimum absolute atomic E-state index is 0.435. The molecule has 0 radical (unpaired) electrons. The summed E-state index contributed by atoms with van der Waals surface area (Å²) in [6.07, 6.45) is 4.82. The third-order valence-electron chi connectivity index (χ3n) is 5.62. The Bertz CT molecular complexity index is 838. The molecule has 0 aromatic heterocycles. The fourth-order valence-electron chi connectivity index (χ4n) is 3.80. The Hall–Kier alpha value is -2.86. The molecule has 31 heavy (non-hydrogen) atoms. The van der Waals surface area contributed by atoms with Crippen LogP contribution in [0.5, 0.6) is 5.75 Å². The van der Waals surface area contributed by atoms with Crippen molar-refractivity contribution in [1.29, 1.82) is 0 Å². The van der Waals surface area contributed by atoms with Gasteiger partial charge in [0.15, 0.2) is 0 Å². The number of carbonyl (C=O) groups excluding carboxylic acids is 2. The number of ether oxygens (including phenoxy) is 1. The molecule has 1 aliphatic heterocycles. The van der Waals surface area contributed by atoms with E-state index in [2.05, 4.69) is 17.6 Å². The molecular weight excluding hydrogens is 392 g/mol. The fourth-order valence-corrected chi connectivity index (χ4v) is 3.80. The van der Waals surface area contributed by atoms with E-state index in [0.717, 1.165) is 30.6 Å². The average Bonchev–Trinajstić information content (AvgIpc) is 3.07. The number of benzene rings is 2. The van der Waals surface area contributed by atoms with Crippen molar-refractivity contribution in [3.63, 3.8) is 0 Å². The van der Waals surface area contributed by atoms with Gasteiger partial charge in [0.05, 0.1) is 18.8 Å². The topological polar surface area (TPSA) is 87.7 Å². The molecule has 3 unspecified atom stereocenters. The van der Waals surface area contributed by atoms with Crippen LogP contribution in [0.3, 0.4) is 0 Å². The SMILES string of the molecule is CCCCCCOc1ccc(NC(=O)C2C(=O)NC(CCc3ccccc3)C2O)cc1. The normalized spacial score (nSPS) is 20.3. The van der Waals surface area contributed by atoms with Crippen LogP contribution < -0.4 is 15.4 Å². The summed E-state index contributed by atoms with van der Waals surface area (Å²) in [5, 5.41) is 16.1. The standard InChI is InChI=1S/C25H32N2O4/c1-2-3-4-8-17-31-20-14-12-19(13-15-20)26-24(29)22-23(28)21(27-25(22)30)16-11-18-9-6-5-7-10-18/h5-7,9-10,12-15,21-23,28H,2-4,8,11,16-17H2,1H3,(H,26,29)(H,27,30). The van der Waals surface area contributed by atoms with Crippen molar-refractivity contribution in [2.45, 2.75) is 57.6 Å². The van der Waals surface area contributed by atoms with E-state index in [1.807, 2.05) is 30.3 Å². The lowest BCUT2D eigenvalue weighted by Gasteiger charge is -2.17. The van der Waals surface area contributed by atoms with Crippen LogP contribution in [0.1, 0.15) is 44.6 Å². The van der Waals surface area contributed by atoms with Gasteiger partial charge in [0, 0.05) is 5.69 Å². The molecule has 166 valence electrons. The van der Waals surface area contributed by atoms with Crippen molar-refractivity contribution in [2.24, 2.45) is 5.92 Å². The fraction of sp³-hybridized carbons (Fsp3) is 0.440. The van der Waals surface area contributed by atoms with Gasteiger partial charge in [0.2, 0.25) is 11.8 Å². The van der Waals surface area contributed by atoms with Crippen LogP contribution in [-0.2, 0) is 16.0 Å². The maximum atomic E-state index is 12.6. The lowest BCUT2D eigenvalue weighted by atomic mass is 9.96. The number of unbranched alkanes of at least 4 members (excludes halogenated alkanes) is 3. The first-order chi connectivity index (χ1) is 15.1. The average molecular weight is 425 g/mol. The third kappa shape index (κ3) is 6.56. The van der Waals surface area contributed by atoms with E-state index in [0.29, 0.717) is 18.7 Å². The number of hydrogen-bond donors (Lipinski definition) is 3. The number of aliphatic hydroxyl groups is 1. The van der Waals surface area contributed by atoms with Gasteiger partial charge in [-0.3, -0.25) is 9.59 Å². The van der Waals surface area contributed by atoms with E-state index >= 15 is 0 Å². The van der Waals surface area contributed by atoms with Crippen molar-refractivity contribution < 1.29 is 19.4 Å². The van der Waals surface area contributed by atoms with Crippen LogP contribution in [0.25, 0.3) is 0 Å². The van der Waals surface area contributed by atoms with Crippen LogP contribution in [0, 0.1) is 5.92 Å². The molecule has 0 saturated carbocycles. The third-order valence-corrected chi connectivity index (χ3v) is 5.62. The highest BCUT2D eigenvalue weighted by Gasteiger charge is 2.45. The monoisotopic (exact) mass is 424 g/mol. The van der Waals surface area contributed by atoms with Crippen LogP contribution in [0.2, 0.25) is 0 Å². The summed E-state index contributed by atoms with van der Waals surface area (Å²) in [5.74, 6) is -1.31. The quantitative estimate of drug-likeness (QED) is 0.379. The highest BCUT2D eigenvalue weighted by molar-refractivity contribution is 6.08. The van der Waals surface area contributed by atoms with Gasteiger partial charge < -0.3 is 20.5 Å². The highest BCUT2D eigenvalue weighted by Crippen LogP contribution is 2.23. The van der Waals surface area contributed by atoms with Gasteiger partial charge in [0.1, 0.15) is 11.7 Å². The van der Waals surface area contributed by atoms with E-state index in [4.69, 9.17) is 4.74 Å². The smallest absolute Gasteiger partial charge is 0.239 e. The summed E-state index contributed by atoms with van der Waals surface area (Å²) < 4.78 is 5.71. The molecule has 1 heterocycles. The summed E-state index contributed by atoms with van der Waals surface area (Å²) in [6, 6.07) is 16.5. The molecule has 0 spiro atoms. The minimum Gasteiger partial charge on any atom is -0.494 e. The number of aryl methyl sites for hydroxylation is 1. The predicted octanol–water partition coefficient (Wildman–Crippen LogP) is 3.69. The number of rotatable bonds is 11. The Labute approximate surface area is 184 Å². The Balaban J connectivity index is 1.48. The van der Waals surface area contributed by atoms with E-state index in [1.54, 1.807) is 24.3 Å².